The predicted molar refractivity (Wildman–Crippen MR) is 44.4 cm³/mol. The highest BCUT2D eigenvalue weighted by Gasteiger charge is 2.19. The molecule has 7 nitrogen and oxygen atoms in total. The molecule has 0 unspecified atom stereocenters. The van der Waals surface area contributed by atoms with E-state index in [0.29, 0.717) is 6.54 Å². The van der Waals surface area contributed by atoms with Gasteiger partial charge in [0.1, 0.15) is 12.8 Å². The first-order valence-corrected chi connectivity index (χ1v) is 3.66. The third-order valence-electron chi connectivity index (χ3n) is 1.33. The quantitative estimate of drug-likeness (QED) is 0.512. The van der Waals surface area contributed by atoms with Crippen molar-refractivity contribution in [1.29, 1.82) is 0 Å². The van der Waals surface area contributed by atoms with Gasteiger partial charge in [-0.1, -0.05) is 0 Å². The van der Waals surface area contributed by atoms with Gasteiger partial charge in [-0.2, -0.15) is 0 Å². The molecule has 0 atom stereocenters. The molecule has 13 heavy (non-hydrogen) atoms. The third-order valence-corrected chi connectivity index (χ3v) is 1.33. The Morgan fingerprint density at radius 1 is 1.85 bits per heavy atom. The van der Waals surface area contributed by atoms with E-state index in [9.17, 15) is 10.1 Å². The van der Waals surface area contributed by atoms with Gasteiger partial charge in [-0.05, 0) is 0 Å². The molecule has 1 rings (SSSR count). The van der Waals surface area contributed by atoms with Gasteiger partial charge in [0.2, 0.25) is 0 Å². The molecular formula is C6H10N4O3. The smallest absolute Gasteiger partial charge is 0.350 e. The van der Waals surface area contributed by atoms with Gasteiger partial charge in [0.05, 0.1) is 4.92 Å². The number of nitrogens with zero attached hydrogens (tertiary/aromatic N) is 3. The van der Waals surface area contributed by atoms with Crippen LogP contribution in [-0.2, 0) is 7.05 Å². The second kappa shape index (κ2) is 3.85. The third kappa shape index (κ3) is 2.15. The van der Waals surface area contributed by atoms with Crippen LogP contribution in [0.25, 0.3) is 0 Å². The largest absolute Gasteiger partial charge is 0.470 e. The minimum Gasteiger partial charge on any atom is -0.470 e. The zero-order valence-corrected chi connectivity index (χ0v) is 7.14. The van der Waals surface area contributed by atoms with E-state index in [2.05, 4.69) is 5.10 Å². The SMILES string of the molecule is Cn1cc([N+](=O)[O-])c(OCCN)n1. The van der Waals surface area contributed by atoms with Crippen LogP contribution in [0, 0.1) is 10.1 Å². The molecule has 0 saturated carbocycles. The Hall–Kier alpha value is -1.63. The van der Waals surface area contributed by atoms with Crippen LogP contribution in [0.3, 0.4) is 0 Å². The second-order valence-corrected chi connectivity index (χ2v) is 2.39. The fourth-order valence-electron chi connectivity index (χ4n) is 0.839. The van der Waals surface area contributed by atoms with Gasteiger partial charge in [0.15, 0.2) is 0 Å². The number of hydrogen-bond donors (Lipinski definition) is 1. The maximum absolute atomic E-state index is 10.4. The fourth-order valence-corrected chi connectivity index (χ4v) is 0.839. The molecule has 0 bridgehead atoms. The van der Waals surface area contributed by atoms with E-state index in [-0.39, 0.29) is 18.2 Å². The zero-order valence-electron chi connectivity index (χ0n) is 7.14. The summed E-state index contributed by atoms with van der Waals surface area (Å²) < 4.78 is 6.29. The van der Waals surface area contributed by atoms with E-state index in [1.807, 2.05) is 0 Å². The van der Waals surface area contributed by atoms with E-state index in [4.69, 9.17) is 10.5 Å². The lowest BCUT2D eigenvalue weighted by molar-refractivity contribution is -0.385. The number of rotatable bonds is 4. The fraction of sp³-hybridized carbons (Fsp3) is 0.500. The summed E-state index contributed by atoms with van der Waals surface area (Å²) in [5.41, 5.74) is 5.04. The Balaban J connectivity index is 2.84. The number of nitro groups is 1. The van der Waals surface area contributed by atoms with Gasteiger partial charge in [0, 0.05) is 13.6 Å². The van der Waals surface area contributed by atoms with Crippen LogP contribution in [0.4, 0.5) is 5.69 Å². The average Bonchev–Trinajstić information content (AvgIpc) is 2.43. The summed E-state index contributed by atoms with van der Waals surface area (Å²) in [6, 6.07) is 0. The van der Waals surface area contributed by atoms with Crippen LogP contribution >= 0.6 is 0 Å². The number of aryl methyl sites for hydroxylation is 1. The van der Waals surface area contributed by atoms with E-state index < -0.39 is 4.92 Å². The minimum atomic E-state index is -0.543. The first-order chi connectivity index (χ1) is 6.15. The Kier molecular flexibility index (Phi) is 2.80. The van der Waals surface area contributed by atoms with Crippen LogP contribution in [0.15, 0.2) is 6.20 Å². The van der Waals surface area contributed by atoms with Crippen LogP contribution in [-0.4, -0.2) is 27.9 Å². The molecule has 0 aromatic carbocycles. The van der Waals surface area contributed by atoms with Crippen molar-refractivity contribution in [2.24, 2.45) is 12.8 Å². The molecule has 0 saturated heterocycles. The molecule has 0 fully saturated rings. The standard InChI is InChI=1S/C6H10N4O3/c1-9-4-5(10(11)12)6(8-9)13-3-2-7/h4H,2-3,7H2,1H3. The molecule has 0 aliphatic heterocycles. The lowest BCUT2D eigenvalue weighted by Crippen LogP contribution is -2.11. The lowest BCUT2D eigenvalue weighted by Gasteiger charge is -1.97. The molecule has 0 aliphatic carbocycles. The summed E-state index contributed by atoms with van der Waals surface area (Å²) in [5, 5.41) is 14.2. The second-order valence-electron chi connectivity index (χ2n) is 2.39. The van der Waals surface area contributed by atoms with Gasteiger partial charge in [-0.3, -0.25) is 14.8 Å². The average molecular weight is 186 g/mol. The van der Waals surface area contributed by atoms with Crippen molar-refractivity contribution in [2.45, 2.75) is 0 Å². The number of nitrogens with two attached hydrogens (primary N) is 1. The lowest BCUT2D eigenvalue weighted by atomic mass is 10.5. The highest BCUT2D eigenvalue weighted by molar-refractivity contribution is 5.38. The summed E-state index contributed by atoms with van der Waals surface area (Å²) in [4.78, 5) is 9.90. The maximum atomic E-state index is 10.4. The van der Waals surface area contributed by atoms with E-state index >= 15 is 0 Å². The van der Waals surface area contributed by atoms with Crippen LogP contribution in [0.1, 0.15) is 0 Å². The van der Waals surface area contributed by atoms with Gasteiger partial charge >= 0.3 is 11.6 Å². The maximum Gasteiger partial charge on any atom is 0.350 e. The normalized spacial score (nSPS) is 10.0. The molecule has 72 valence electrons. The van der Waals surface area contributed by atoms with Crippen molar-refractivity contribution in [2.75, 3.05) is 13.2 Å². The highest BCUT2D eigenvalue weighted by atomic mass is 16.6. The Morgan fingerprint density at radius 2 is 2.54 bits per heavy atom. The number of aromatic nitrogens is 2. The highest BCUT2D eigenvalue weighted by Crippen LogP contribution is 2.23. The summed E-state index contributed by atoms with van der Waals surface area (Å²) in [5.74, 6) is 0.0120. The first kappa shape index (κ1) is 9.46. The monoisotopic (exact) mass is 186 g/mol. The van der Waals surface area contributed by atoms with Gasteiger partial charge in [0.25, 0.3) is 0 Å². The minimum absolute atomic E-state index is 0.0120. The van der Waals surface area contributed by atoms with Crippen molar-refractivity contribution in [3.8, 4) is 5.88 Å². The molecule has 0 amide bonds. The van der Waals surface area contributed by atoms with Gasteiger partial charge in [-0.15, -0.1) is 5.10 Å². The van der Waals surface area contributed by atoms with Crippen molar-refractivity contribution in [3.63, 3.8) is 0 Å². The molecular weight excluding hydrogens is 176 g/mol. The molecule has 0 aliphatic rings. The van der Waals surface area contributed by atoms with E-state index in [1.54, 1.807) is 7.05 Å². The molecule has 0 spiro atoms. The zero-order chi connectivity index (χ0) is 9.84. The summed E-state index contributed by atoms with van der Waals surface area (Å²) in [6.45, 7) is 0.519. The van der Waals surface area contributed by atoms with Crippen molar-refractivity contribution in [3.05, 3.63) is 16.3 Å². The number of hydrogen-bond acceptors (Lipinski definition) is 5. The van der Waals surface area contributed by atoms with Gasteiger partial charge < -0.3 is 10.5 Å². The molecule has 1 aromatic heterocycles. The van der Waals surface area contributed by atoms with Crippen LogP contribution < -0.4 is 10.5 Å². The van der Waals surface area contributed by atoms with Crippen molar-refractivity contribution in [1.82, 2.24) is 9.78 Å². The summed E-state index contributed by atoms with van der Waals surface area (Å²) in [7, 11) is 1.59. The Bertz CT molecular complexity index is 309. The van der Waals surface area contributed by atoms with Crippen molar-refractivity contribution >= 4 is 5.69 Å². The molecule has 0 radical (unpaired) electrons. The molecule has 7 heteroatoms. The summed E-state index contributed by atoms with van der Waals surface area (Å²) in [6.07, 6.45) is 1.28. The first-order valence-electron chi connectivity index (χ1n) is 3.66. The topological polar surface area (TPSA) is 96.2 Å². The Labute approximate surface area is 74.2 Å². The van der Waals surface area contributed by atoms with E-state index in [1.165, 1.54) is 10.9 Å². The number of ether oxygens (including phenoxy) is 1. The summed E-state index contributed by atoms with van der Waals surface area (Å²) >= 11 is 0. The van der Waals surface area contributed by atoms with E-state index in [0.717, 1.165) is 0 Å². The Morgan fingerprint density at radius 3 is 3.08 bits per heavy atom. The van der Waals surface area contributed by atoms with Gasteiger partial charge in [-0.25, -0.2) is 0 Å². The molecule has 1 heterocycles. The molecule has 2 N–H and O–H groups in total. The predicted octanol–water partition coefficient (Wildman–Crippen LogP) is -0.334. The molecule has 1 aromatic rings. The van der Waals surface area contributed by atoms with Crippen LogP contribution in [0.2, 0.25) is 0 Å². The van der Waals surface area contributed by atoms with Crippen LogP contribution in [0.5, 0.6) is 5.88 Å². The van der Waals surface area contributed by atoms with Crippen molar-refractivity contribution < 1.29 is 9.66 Å².